The number of benzene rings is 3. The van der Waals surface area contributed by atoms with Crippen LogP contribution in [0.4, 0.5) is 10.1 Å². The van der Waals surface area contributed by atoms with E-state index < -0.39 is 28.3 Å². The number of anilines is 1. The van der Waals surface area contributed by atoms with Crippen LogP contribution < -0.4 is 23.9 Å². The Balaban J connectivity index is 1.52. The lowest BCUT2D eigenvalue weighted by molar-refractivity contribution is -0.119. The van der Waals surface area contributed by atoms with E-state index in [-0.39, 0.29) is 29.0 Å². The van der Waals surface area contributed by atoms with Crippen LogP contribution in [0.25, 0.3) is 0 Å². The van der Waals surface area contributed by atoms with Gasteiger partial charge in [0.05, 0.1) is 22.9 Å². The first-order chi connectivity index (χ1) is 17.7. The predicted octanol–water partition coefficient (Wildman–Crippen LogP) is 3.73. The number of nitrogens with one attached hydrogen (secondary N) is 1. The van der Waals surface area contributed by atoms with Crippen molar-refractivity contribution < 1.29 is 31.8 Å². The molecule has 0 atom stereocenters. The number of hydrogen-bond donors (Lipinski definition) is 1. The Morgan fingerprint density at radius 3 is 2.41 bits per heavy atom. The third-order valence-electron chi connectivity index (χ3n) is 5.16. The molecule has 1 amide bonds. The van der Waals surface area contributed by atoms with Gasteiger partial charge in [0.25, 0.3) is 15.9 Å². The van der Waals surface area contributed by atoms with E-state index >= 15 is 0 Å². The summed E-state index contributed by atoms with van der Waals surface area (Å²) in [6.45, 7) is 3.90. The normalized spacial score (nSPS) is 13.0. The Morgan fingerprint density at radius 1 is 1.05 bits per heavy atom. The first-order valence-electron chi connectivity index (χ1n) is 11.5. The molecule has 0 aliphatic carbocycles. The molecule has 0 aromatic heterocycles. The van der Waals surface area contributed by atoms with Gasteiger partial charge in [-0.25, -0.2) is 18.2 Å². The van der Waals surface area contributed by atoms with Gasteiger partial charge in [-0.15, -0.1) is 0 Å². The lowest BCUT2D eigenvalue weighted by atomic mass is 10.2. The van der Waals surface area contributed by atoms with Crippen molar-refractivity contribution in [3.63, 3.8) is 0 Å². The zero-order valence-corrected chi connectivity index (χ0v) is 21.1. The summed E-state index contributed by atoms with van der Waals surface area (Å²) in [5, 5.41) is 3.92. The number of nitrogens with zero attached hydrogens (tertiary/aromatic N) is 2. The maximum absolute atomic E-state index is 13.5. The minimum Gasteiger partial charge on any atom is -0.491 e. The molecule has 1 aliphatic rings. The fourth-order valence-electron chi connectivity index (χ4n) is 3.48. The Bertz CT molecular complexity index is 1380. The number of carbonyl (C=O) groups is 1. The molecule has 0 bridgehead atoms. The van der Waals surface area contributed by atoms with E-state index in [1.807, 2.05) is 13.8 Å². The molecule has 37 heavy (non-hydrogen) atoms. The lowest BCUT2D eigenvalue weighted by Crippen LogP contribution is -2.39. The standard InChI is InChI=1S/C26H26FN3O6S/c1-18(2)36-22-9-3-19(4-10-22)16-28-29-26(31)17-30(21-7-5-20(27)6-8-21)37(32,33)23-11-12-24-25(15-23)35-14-13-34-24/h3-12,15-16,18H,13-14,17H2,1-2H3,(H,29,31)/b28-16-. The summed E-state index contributed by atoms with van der Waals surface area (Å²) in [4.78, 5) is 12.6. The van der Waals surface area contributed by atoms with E-state index in [2.05, 4.69) is 10.5 Å². The van der Waals surface area contributed by atoms with Gasteiger partial charge in [0.15, 0.2) is 11.5 Å². The molecular formula is C26H26FN3O6S. The average Bonchev–Trinajstić information content (AvgIpc) is 2.88. The summed E-state index contributed by atoms with van der Waals surface area (Å²) >= 11 is 0. The molecule has 0 radical (unpaired) electrons. The van der Waals surface area contributed by atoms with Gasteiger partial charge in [0, 0.05) is 6.07 Å². The van der Waals surface area contributed by atoms with Crippen molar-refractivity contribution in [2.24, 2.45) is 5.10 Å². The van der Waals surface area contributed by atoms with Crippen LogP contribution in [0.2, 0.25) is 0 Å². The van der Waals surface area contributed by atoms with E-state index in [9.17, 15) is 17.6 Å². The number of hydrogen-bond acceptors (Lipinski definition) is 7. The molecule has 1 N–H and O–H groups in total. The summed E-state index contributed by atoms with van der Waals surface area (Å²) in [5.74, 6) is 0.177. The maximum Gasteiger partial charge on any atom is 0.264 e. The molecule has 0 unspecified atom stereocenters. The number of carbonyl (C=O) groups excluding carboxylic acids is 1. The zero-order chi connectivity index (χ0) is 26.4. The molecular weight excluding hydrogens is 501 g/mol. The van der Waals surface area contributed by atoms with Crippen molar-refractivity contribution >= 4 is 27.8 Å². The molecule has 9 nitrogen and oxygen atoms in total. The van der Waals surface area contributed by atoms with E-state index in [1.54, 1.807) is 24.3 Å². The monoisotopic (exact) mass is 527 g/mol. The highest BCUT2D eigenvalue weighted by Gasteiger charge is 2.29. The Morgan fingerprint density at radius 2 is 1.73 bits per heavy atom. The Hall–Kier alpha value is -4.12. The quantitative estimate of drug-likeness (QED) is 0.336. The molecule has 4 rings (SSSR count). The van der Waals surface area contributed by atoms with Crippen molar-refractivity contribution in [1.29, 1.82) is 0 Å². The first-order valence-corrected chi connectivity index (χ1v) is 12.9. The largest absolute Gasteiger partial charge is 0.491 e. The van der Waals surface area contributed by atoms with Gasteiger partial charge in [-0.3, -0.25) is 9.10 Å². The molecule has 194 valence electrons. The van der Waals surface area contributed by atoms with Crippen LogP contribution in [-0.4, -0.2) is 46.4 Å². The zero-order valence-electron chi connectivity index (χ0n) is 20.3. The van der Waals surface area contributed by atoms with Crippen LogP contribution in [0.15, 0.2) is 76.7 Å². The predicted molar refractivity (Wildman–Crippen MR) is 136 cm³/mol. The molecule has 3 aromatic rings. The SMILES string of the molecule is CC(C)Oc1ccc(/C=N\NC(=O)CN(c2ccc(F)cc2)S(=O)(=O)c2ccc3c(c2)OCCO3)cc1. The highest BCUT2D eigenvalue weighted by molar-refractivity contribution is 7.92. The van der Waals surface area contributed by atoms with Gasteiger partial charge in [0.2, 0.25) is 0 Å². The van der Waals surface area contributed by atoms with Crippen molar-refractivity contribution in [2.45, 2.75) is 24.8 Å². The minimum absolute atomic E-state index is 0.0429. The van der Waals surface area contributed by atoms with Crippen LogP contribution in [-0.2, 0) is 14.8 Å². The topological polar surface area (TPSA) is 107 Å². The number of sulfonamides is 1. The number of rotatable bonds is 9. The highest BCUT2D eigenvalue weighted by atomic mass is 32.2. The fourth-order valence-corrected chi connectivity index (χ4v) is 4.92. The van der Waals surface area contributed by atoms with Crippen LogP contribution in [0.5, 0.6) is 17.2 Å². The van der Waals surface area contributed by atoms with Crippen LogP contribution in [0.1, 0.15) is 19.4 Å². The molecule has 0 saturated carbocycles. The summed E-state index contributed by atoms with van der Waals surface area (Å²) in [7, 11) is -4.24. The van der Waals surface area contributed by atoms with Gasteiger partial charge < -0.3 is 14.2 Å². The molecule has 11 heteroatoms. The molecule has 0 fully saturated rings. The van der Waals surface area contributed by atoms with Gasteiger partial charge in [-0.2, -0.15) is 5.10 Å². The smallest absolute Gasteiger partial charge is 0.264 e. The van der Waals surface area contributed by atoms with Crippen molar-refractivity contribution in [2.75, 3.05) is 24.1 Å². The second kappa shape index (κ2) is 11.3. The van der Waals surface area contributed by atoms with Gasteiger partial charge >= 0.3 is 0 Å². The van der Waals surface area contributed by atoms with E-state index in [4.69, 9.17) is 14.2 Å². The summed E-state index contributed by atoms with van der Waals surface area (Å²) in [6, 6.07) is 16.1. The highest BCUT2D eigenvalue weighted by Crippen LogP contribution is 2.34. The molecule has 0 spiro atoms. The van der Waals surface area contributed by atoms with E-state index in [0.29, 0.717) is 23.7 Å². The Kier molecular flexibility index (Phi) is 7.92. The number of halogens is 1. The van der Waals surface area contributed by atoms with Gasteiger partial charge in [0.1, 0.15) is 31.3 Å². The van der Waals surface area contributed by atoms with Gasteiger partial charge in [-0.05, 0) is 80.1 Å². The average molecular weight is 528 g/mol. The van der Waals surface area contributed by atoms with E-state index in [1.165, 1.54) is 36.5 Å². The third kappa shape index (κ3) is 6.56. The Labute approximate surface area is 214 Å². The number of fused-ring (bicyclic) bond motifs is 1. The molecule has 3 aromatic carbocycles. The maximum atomic E-state index is 13.5. The second-order valence-electron chi connectivity index (χ2n) is 8.32. The second-order valence-corrected chi connectivity index (χ2v) is 10.2. The van der Waals surface area contributed by atoms with Crippen LogP contribution in [0, 0.1) is 5.82 Å². The van der Waals surface area contributed by atoms with Gasteiger partial charge in [-0.1, -0.05) is 0 Å². The summed E-state index contributed by atoms with van der Waals surface area (Å²) < 4.78 is 58.0. The number of ether oxygens (including phenoxy) is 3. The summed E-state index contributed by atoms with van der Waals surface area (Å²) in [6.07, 6.45) is 1.47. The molecule has 1 aliphatic heterocycles. The lowest BCUT2D eigenvalue weighted by Gasteiger charge is -2.25. The number of amides is 1. The van der Waals surface area contributed by atoms with Crippen molar-refractivity contribution in [3.05, 3.63) is 78.1 Å². The van der Waals surface area contributed by atoms with Crippen LogP contribution >= 0.6 is 0 Å². The van der Waals surface area contributed by atoms with Crippen molar-refractivity contribution in [1.82, 2.24) is 5.43 Å². The minimum atomic E-state index is -4.24. The number of hydrazone groups is 1. The van der Waals surface area contributed by atoms with E-state index in [0.717, 1.165) is 16.4 Å². The molecule has 0 saturated heterocycles. The summed E-state index contributed by atoms with van der Waals surface area (Å²) in [5.41, 5.74) is 3.15. The first kappa shape index (κ1) is 26.0. The van der Waals surface area contributed by atoms with Crippen molar-refractivity contribution in [3.8, 4) is 17.2 Å². The van der Waals surface area contributed by atoms with Crippen LogP contribution in [0.3, 0.4) is 0 Å². The fraction of sp³-hybridized carbons (Fsp3) is 0.231. The third-order valence-corrected chi connectivity index (χ3v) is 6.93. The molecule has 1 heterocycles.